The molecule has 2 heterocycles. The molecular formula is C17H11ClF2N4O. The van der Waals surface area contributed by atoms with Crippen LogP contribution in [0.4, 0.5) is 14.6 Å². The highest BCUT2D eigenvalue weighted by atomic mass is 35.5. The zero-order valence-corrected chi connectivity index (χ0v) is 13.5. The molecule has 0 aliphatic rings. The van der Waals surface area contributed by atoms with Gasteiger partial charge in [0.1, 0.15) is 28.3 Å². The Morgan fingerprint density at radius 1 is 0.960 bits per heavy atom. The lowest BCUT2D eigenvalue weighted by molar-refractivity contribution is 0.102. The Morgan fingerprint density at radius 2 is 1.72 bits per heavy atom. The van der Waals surface area contributed by atoms with Crippen molar-refractivity contribution in [3.63, 3.8) is 0 Å². The first-order valence-corrected chi connectivity index (χ1v) is 7.56. The summed E-state index contributed by atoms with van der Waals surface area (Å²) in [5.74, 6) is -1.42. The number of hydrogen-bond acceptors (Lipinski definition) is 4. The van der Waals surface area contributed by atoms with Gasteiger partial charge in [0.2, 0.25) is 0 Å². The van der Waals surface area contributed by atoms with Crippen molar-refractivity contribution >= 4 is 23.3 Å². The quantitative estimate of drug-likeness (QED) is 0.771. The van der Waals surface area contributed by atoms with Crippen LogP contribution in [0.3, 0.4) is 0 Å². The SMILES string of the molecule is O=C(Nc1ccc(Cc2cc(F)cc(F)c2)cn1)c1cnc(Cl)cn1. The summed E-state index contributed by atoms with van der Waals surface area (Å²) in [5, 5.41) is 2.76. The van der Waals surface area contributed by atoms with Gasteiger partial charge in [-0.05, 0) is 35.7 Å². The number of nitrogens with zero attached hydrogens (tertiary/aromatic N) is 3. The van der Waals surface area contributed by atoms with E-state index in [4.69, 9.17) is 11.6 Å². The summed E-state index contributed by atoms with van der Waals surface area (Å²) in [6.45, 7) is 0. The van der Waals surface area contributed by atoms with Crippen molar-refractivity contribution in [3.8, 4) is 0 Å². The molecular weight excluding hydrogens is 350 g/mol. The van der Waals surface area contributed by atoms with Crippen molar-refractivity contribution < 1.29 is 13.6 Å². The van der Waals surface area contributed by atoms with Crippen molar-refractivity contribution in [3.05, 3.63) is 82.5 Å². The molecule has 0 fully saturated rings. The molecule has 0 radical (unpaired) electrons. The summed E-state index contributed by atoms with van der Waals surface area (Å²) in [4.78, 5) is 23.7. The molecule has 8 heteroatoms. The van der Waals surface area contributed by atoms with Gasteiger partial charge in [0, 0.05) is 12.3 Å². The van der Waals surface area contributed by atoms with E-state index < -0.39 is 17.5 Å². The van der Waals surface area contributed by atoms with E-state index in [2.05, 4.69) is 20.3 Å². The van der Waals surface area contributed by atoms with Crippen molar-refractivity contribution in [2.45, 2.75) is 6.42 Å². The third-order valence-electron chi connectivity index (χ3n) is 3.25. The highest BCUT2D eigenvalue weighted by molar-refractivity contribution is 6.29. The Morgan fingerprint density at radius 3 is 2.32 bits per heavy atom. The van der Waals surface area contributed by atoms with E-state index in [1.54, 1.807) is 12.1 Å². The highest BCUT2D eigenvalue weighted by Crippen LogP contribution is 2.14. The van der Waals surface area contributed by atoms with E-state index >= 15 is 0 Å². The Hall–Kier alpha value is -2.93. The fraction of sp³-hybridized carbons (Fsp3) is 0.0588. The zero-order chi connectivity index (χ0) is 17.8. The lowest BCUT2D eigenvalue weighted by Crippen LogP contribution is -2.14. The van der Waals surface area contributed by atoms with Gasteiger partial charge in [-0.2, -0.15) is 0 Å². The molecule has 1 N–H and O–H groups in total. The predicted molar refractivity (Wildman–Crippen MR) is 88.4 cm³/mol. The minimum atomic E-state index is -0.629. The van der Waals surface area contributed by atoms with Gasteiger partial charge in [-0.25, -0.2) is 23.7 Å². The first-order valence-electron chi connectivity index (χ1n) is 7.18. The van der Waals surface area contributed by atoms with Gasteiger partial charge in [0.15, 0.2) is 0 Å². The van der Waals surface area contributed by atoms with Gasteiger partial charge in [-0.15, -0.1) is 0 Å². The van der Waals surface area contributed by atoms with Crippen LogP contribution in [0.2, 0.25) is 5.15 Å². The fourth-order valence-corrected chi connectivity index (χ4v) is 2.26. The molecule has 5 nitrogen and oxygen atoms in total. The molecule has 0 spiro atoms. The van der Waals surface area contributed by atoms with E-state index in [9.17, 15) is 13.6 Å². The van der Waals surface area contributed by atoms with Gasteiger partial charge in [-0.1, -0.05) is 17.7 Å². The molecule has 25 heavy (non-hydrogen) atoms. The standard InChI is InChI=1S/C17H11ClF2N4O/c18-15-9-21-14(8-22-15)17(25)24-16-2-1-10(7-23-16)3-11-4-12(19)6-13(20)5-11/h1-2,4-9H,3H2,(H,23,24,25). The Balaban J connectivity index is 1.67. The minimum Gasteiger partial charge on any atom is -0.305 e. The molecule has 0 aliphatic heterocycles. The first kappa shape index (κ1) is 16.9. The summed E-state index contributed by atoms with van der Waals surface area (Å²) in [5.41, 5.74) is 1.34. The molecule has 0 saturated heterocycles. The van der Waals surface area contributed by atoms with Crippen molar-refractivity contribution in [2.24, 2.45) is 0 Å². The van der Waals surface area contributed by atoms with Crippen LogP contribution in [0.25, 0.3) is 0 Å². The molecule has 3 aromatic rings. The second kappa shape index (κ2) is 7.31. The Labute approximate surface area is 146 Å². The van der Waals surface area contributed by atoms with Crippen molar-refractivity contribution in [1.82, 2.24) is 15.0 Å². The lowest BCUT2D eigenvalue weighted by atomic mass is 10.1. The van der Waals surface area contributed by atoms with Gasteiger partial charge >= 0.3 is 0 Å². The molecule has 3 rings (SSSR count). The maximum atomic E-state index is 13.2. The van der Waals surface area contributed by atoms with Crippen LogP contribution >= 0.6 is 11.6 Å². The number of pyridine rings is 1. The predicted octanol–water partition coefficient (Wildman–Crippen LogP) is 3.65. The summed E-state index contributed by atoms with van der Waals surface area (Å²) in [7, 11) is 0. The summed E-state index contributed by atoms with van der Waals surface area (Å²) in [6.07, 6.45) is 4.36. The van der Waals surface area contributed by atoms with E-state index in [1.165, 1.54) is 30.7 Å². The van der Waals surface area contributed by atoms with Crippen LogP contribution in [0.1, 0.15) is 21.6 Å². The molecule has 2 aromatic heterocycles. The van der Waals surface area contributed by atoms with Crippen LogP contribution in [0.15, 0.2) is 48.9 Å². The van der Waals surface area contributed by atoms with E-state index in [1.807, 2.05) is 0 Å². The number of benzene rings is 1. The fourth-order valence-electron chi connectivity index (χ4n) is 2.16. The molecule has 1 aromatic carbocycles. The van der Waals surface area contributed by atoms with Crippen molar-refractivity contribution in [1.29, 1.82) is 0 Å². The molecule has 0 aliphatic carbocycles. The smallest absolute Gasteiger partial charge is 0.277 e. The number of anilines is 1. The van der Waals surface area contributed by atoms with E-state index in [0.717, 1.165) is 11.6 Å². The molecule has 0 bridgehead atoms. The van der Waals surface area contributed by atoms with Crippen LogP contribution in [0.5, 0.6) is 0 Å². The van der Waals surface area contributed by atoms with Gasteiger partial charge < -0.3 is 5.32 Å². The zero-order valence-electron chi connectivity index (χ0n) is 12.7. The Bertz CT molecular complexity index is 881. The molecule has 1 amide bonds. The number of hydrogen-bond donors (Lipinski definition) is 1. The minimum absolute atomic E-state index is 0.102. The molecule has 0 unspecified atom stereocenters. The van der Waals surface area contributed by atoms with Crippen molar-refractivity contribution in [2.75, 3.05) is 5.32 Å². The number of amides is 1. The topological polar surface area (TPSA) is 67.8 Å². The van der Waals surface area contributed by atoms with Crippen LogP contribution in [0, 0.1) is 11.6 Å². The highest BCUT2D eigenvalue weighted by Gasteiger charge is 2.09. The number of nitrogens with one attached hydrogen (secondary N) is 1. The van der Waals surface area contributed by atoms with Crippen LogP contribution < -0.4 is 5.32 Å². The lowest BCUT2D eigenvalue weighted by Gasteiger charge is -2.06. The second-order valence-corrected chi connectivity index (χ2v) is 5.57. The monoisotopic (exact) mass is 360 g/mol. The molecule has 0 saturated carbocycles. The number of carbonyl (C=O) groups is 1. The third kappa shape index (κ3) is 4.54. The summed E-state index contributed by atoms with van der Waals surface area (Å²) in [6, 6.07) is 6.64. The number of halogens is 3. The number of rotatable bonds is 4. The number of carbonyl (C=O) groups excluding carboxylic acids is 1. The molecule has 126 valence electrons. The second-order valence-electron chi connectivity index (χ2n) is 5.18. The van der Waals surface area contributed by atoms with Crippen LogP contribution in [-0.2, 0) is 6.42 Å². The number of aromatic nitrogens is 3. The molecule has 0 atom stereocenters. The average molecular weight is 361 g/mol. The normalized spacial score (nSPS) is 10.5. The maximum Gasteiger partial charge on any atom is 0.277 e. The first-order chi connectivity index (χ1) is 12.0. The largest absolute Gasteiger partial charge is 0.305 e. The van der Waals surface area contributed by atoms with Gasteiger partial charge in [0.25, 0.3) is 5.91 Å². The average Bonchev–Trinajstić information content (AvgIpc) is 2.56. The van der Waals surface area contributed by atoms with E-state index in [0.29, 0.717) is 17.8 Å². The van der Waals surface area contributed by atoms with Crippen LogP contribution in [-0.4, -0.2) is 20.9 Å². The Kier molecular flexibility index (Phi) is 4.95. The van der Waals surface area contributed by atoms with E-state index in [-0.39, 0.29) is 10.8 Å². The summed E-state index contributed by atoms with van der Waals surface area (Å²) < 4.78 is 26.4. The third-order valence-corrected chi connectivity index (χ3v) is 3.45. The summed E-state index contributed by atoms with van der Waals surface area (Å²) >= 11 is 5.62. The van der Waals surface area contributed by atoms with Gasteiger partial charge in [-0.3, -0.25) is 4.79 Å². The van der Waals surface area contributed by atoms with Gasteiger partial charge in [0.05, 0.1) is 12.4 Å². The maximum absolute atomic E-state index is 13.2.